The number of nitrogens with zero attached hydrogens (tertiary/aromatic N) is 3. The average Bonchev–Trinajstić information content (AvgIpc) is 3.16. The summed E-state index contributed by atoms with van der Waals surface area (Å²) in [4.78, 5) is 23.2. The molecule has 8 heteroatoms. The number of halogens is 2. The van der Waals surface area contributed by atoms with Crippen LogP contribution in [0.25, 0.3) is 10.2 Å². The van der Waals surface area contributed by atoms with E-state index in [1.165, 1.54) is 10.3 Å². The molecule has 4 nitrogen and oxygen atoms in total. The Kier molecular flexibility index (Phi) is 10.1. The summed E-state index contributed by atoms with van der Waals surface area (Å²) >= 11 is 9.25. The number of carbonyl (C=O) groups excluding carboxylic acids is 1. The molecule has 3 aromatic rings. The van der Waals surface area contributed by atoms with Gasteiger partial charge in [0.2, 0.25) is 5.91 Å². The molecule has 0 spiro atoms. The number of aromatic nitrogens is 1. The van der Waals surface area contributed by atoms with Gasteiger partial charge in [0.1, 0.15) is 0 Å². The van der Waals surface area contributed by atoms with Gasteiger partial charge < -0.3 is 4.90 Å². The highest BCUT2D eigenvalue weighted by Crippen LogP contribution is 2.33. The van der Waals surface area contributed by atoms with Gasteiger partial charge in [-0.15, -0.1) is 24.2 Å². The Morgan fingerprint density at radius 1 is 1.06 bits per heavy atom. The molecule has 31 heavy (non-hydrogen) atoms. The van der Waals surface area contributed by atoms with Crippen LogP contribution in [0.2, 0.25) is 5.02 Å². The van der Waals surface area contributed by atoms with E-state index in [1.54, 1.807) is 23.1 Å². The first-order chi connectivity index (χ1) is 14.3. The summed E-state index contributed by atoms with van der Waals surface area (Å²) in [6, 6.07) is 12.0. The predicted molar refractivity (Wildman–Crippen MR) is 139 cm³/mol. The van der Waals surface area contributed by atoms with Gasteiger partial charge in [-0.05, 0) is 76.3 Å². The van der Waals surface area contributed by atoms with Crippen LogP contribution in [0.1, 0.15) is 24.0 Å². The normalized spacial score (nSPS) is 11.0. The van der Waals surface area contributed by atoms with E-state index >= 15 is 0 Å². The second-order valence-corrected chi connectivity index (χ2v) is 10.2. The lowest BCUT2D eigenvalue weighted by atomic mass is 10.1. The predicted octanol–water partition coefficient (Wildman–Crippen LogP) is 6.46. The van der Waals surface area contributed by atoms with Crippen molar-refractivity contribution in [3.63, 3.8) is 0 Å². The summed E-state index contributed by atoms with van der Waals surface area (Å²) < 4.78 is 1.17. The van der Waals surface area contributed by atoms with Crippen LogP contribution in [0.15, 0.2) is 41.3 Å². The first-order valence-corrected chi connectivity index (χ1v) is 12.2. The van der Waals surface area contributed by atoms with Gasteiger partial charge in [0.05, 0.1) is 10.2 Å². The molecule has 0 bridgehead atoms. The third-order valence-corrected chi connectivity index (χ3v) is 7.33. The van der Waals surface area contributed by atoms with Gasteiger partial charge in [-0.3, -0.25) is 9.69 Å². The molecule has 3 rings (SSSR count). The van der Waals surface area contributed by atoms with Crippen LogP contribution in [0.4, 0.5) is 5.13 Å². The zero-order chi connectivity index (χ0) is 21.7. The van der Waals surface area contributed by atoms with Crippen LogP contribution < -0.4 is 4.90 Å². The molecule has 1 aromatic heterocycles. The smallest absolute Gasteiger partial charge is 0.229 e. The molecule has 1 amide bonds. The first kappa shape index (κ1) is 25.9. The highest BCUT2D eigenvalue weighted by molar-refractivity contribution is 7.99. The molecule has 0 aliphatic carbocycles. The van der Waals surface area contributed by atoms with Crippen molar-refractivity contribution in [1.82, 2.24) is 9.88 Å². The monoisotopic (exact) mass is 497 g/mol. The van der Waals surface area contributed by atoms with Gasteiger partial charge in [0.25, 0.3) is 0 Å². The van der Waals surface area contributed by atoms with Gasteiger partial charge in [-0.1, -0.05) is 35.1 Å². The topological polar surface area (TPSA) is 36.4 Å². The Hall–Kier alpha value is -1.31. The van der Waals surface area contributed by atoms with Gasteiger partial charge >= 0.3 is 0 Å². The number of hydrogen-bond acceptors (Lipinski definition) is 5. The van der Waals surface area contributed by atoms with Crippen molar-refractivity contribution in [2.24, 2.45) is 0 Å². The Bertz CT molecular complexity index is 967. The van der Waals surface area contributed by atoms with Crippen molar-refractivity contribution in [3.05, 3.63) is 52.5 Å². The molecule has 1 heterocycles. The molecular weight excluding hydrogens is 469 g/mol. The first-order valence-electron chi connectivity index (χ1n) is 10.1. The number of rotatable bonds is 9. The second kappa shape index (κ2) is 12.1. The Morgan fingerprint density at radius 2 is 1.74 bits per heavy atom. The molecule has 0 saturated carbocycles. The maximum absolute atomic E-state index is 13.2. The molecule has 2 aromatic carbocycles. The molecule has 0 aliphatic rings. The highest BCUT2D eigenvalue weighted by Gasteiger charge is 2.20. The fourth-order valence-corrected chi connectivity index (χ4v) is 5.28. The number of thiazole rings is 1. The number of carbonyl (C=O) groups is 1. The van der Waals surface area contributed by atoms with Crippen molar-refractivity contribution in [2.75, 3.05) is 37.8 Å². The molecule has 0 fully saturated rings. The third-order valence-electron chi connectivity index (χ3n) is 4.85. The minimum Gasteiger partial charge on any atom is -0.309 e. The molecule has 0 aliphatic heterocycles. The summed E-state index contributed by atoms with van der Waals surface area (Å²) in [5, 5.41) is 1.53. The molecule has 0 radical (unpaired) electrons. The lowest BCUT2D eigenvalue weighted by Crippen LogP contribution is -2.33. The van der Waals surface area contributed by atoms with Crippen LogP contribution in [0.5, 0.6) is 0 Å². The highest BCUT2D eigenvalue weighted by atomic mass is 35.5. The third kappa shape index (κ3) is 7.09. The summed E-state index contributed by atoms with van der Waals surface area (Å²) in [5.74, 6) is 0.859. The fraction of sp³-hybridized carbons (Fsp3) is 0.391. The lowest BCUT2D eigenvalue weighted by molar-refractivity contribution is -0.118. The van der Waals surface area contributed by atoms with E-state index in [9.17, 15) is 4.79 Å². The maximum Gasteiger partial charge on any atom is 0.229 e. The zero-order valence-electron chi connectivity index (χ0n) is 18.4. The number of hydrogen-bond donors (Lipinski definition) is 0. The lowest BCUT2D eigenvalue weighted by Gasteiger charge is -2.21. The van der Waals surface area contributed by atoms with Crippen LogP contribution >= 0.6 is 47.1 Å². The zero-order valence-corrected chi connectivity index (χ0v) is 21.6. The van der Waals surface area contributed by atoms with E-state index < -0.39 is 0 Å². The van der Waals surface area contributed by atoms with Crippen molar-refractivity contribution >= 4 is 68.4 Å². The fourth-order valence-electron chi connectivity index (χ4n) is 3.16. The second-order valence-electron chi connectivity index (χ2n) is 7.63. The standard InChI is InChI=1S/C23H28ClN3OS2.ClH/c1-16-6-7-17(2)22-21(16)25-23(30-22)27(14-5-13-26(3)4)20(28)12-15-29-19-10-8-18(24)9-11-19;/h6-11H,5,12-15H2,1-4H3;1H. The summed E-state index contributed by atoms with van der Waals surface area (Å²) in [7, 11) is 4.11. The number of anilines is 1. The Balaban J connectivity index is 0.00000341. The van der Waals surface area contributed by atoms with Crippen molar-refractivity contribution in [2.45, 2.75) is 31.6 Å². The van der Waals surface area contributed by atoms with E-state index in [0.717, 1.165) is 44.8 Å². The summed E-state index contributed by atoms with van der Waals surface area (Å²) in [6.45, 7) is 5.80. The molecule has 0 N–H and O–H groups in total. The summed E-state index contributed by atoms with van der Waals surface area (Å²) in [5.41, 5.74) is 3.37. The van der Waals surface area contributed by atoms with E-state index in [-0.39, 0.29) is 18.3 Å². The number of benzene rings is 2. The average molecular weight is 499 g/mol. The Morgan fingerprint density at radius 3 is 2.39 bits per heavy atom. The minimum atomic E-state index is 0. The van der Waals surface area contributed by atoms with Gasteiger partial charge in [0, 0.05) is 28.6 Å². The van der Waals surface area contributed by atoms with Gasteiger partial charge in [-0.25, -0.2) is 4.98 Å². The minimum absolute atomic E-state index is 0. The van der Waals surface area contributed by atoms with E-state index in [4.69, 9.17) is 16.6 Å². The SMILES string of the molecule is Cc1ccc(C)c2sc(N(CCCN(C)C)C(=O)CCSc3ccc(Cl)cc3)nc12.Cl. The van der Waals surface area contributed by atoms with E-state index in [2.05, 4.69) is 45.0 Å². The van der Waals surface area contributed by atoms with Crippen LogP contribution in [0.3, 0.4) is 0 Å². The number of thioether (sulfide) groups is 1. The van der Waals surface area contributed by atoms with Crippen LogP contribution in [-0.2, 0) is 4.79 Å². The van der Waals surface area contributed by atoms with Gasteiger partial charge in [-0.2, -0.15) is 0 Å². The van der Waals surface area contributed by atoms with Crippen molar-refractivity contribution < 1.29 is 4.79 Å². The molecule has 0 unspecified atom stereocenters. The molecule has 0 saturated heterocycles. The molecule has 168 valence electrons. The quantitative estimate of drug-likeness (QED) is 0.318. The van der Waals surface area contributed by atoms with E-state index in [0.29, 0.717) is 13.0 Å². The molecule has 0 atom stereocenters. The maximum atomic E-state index is 13.2. The van der Waals surface area contributed by atoms with E-state index in [1.807, 2.05) is 29.2 Å². The number of aryl methyl sites for hydroxylation is 2. The van der Waals surface area contributed by atoms with Crippen molar-refractivity contribution in [1.29, 1.82) is 0 Å². The van der Waals surface area contributed by atoms with Crippen LogP contribution in [-0.4, -0.2) is 48.7 Å². The van der Waals surface area contributed by atoms with Gasteiger partial charge in [0.15, 0.2) is 5.13 Å². The van der Waals surface area contributed by atoms with Crippen LogP contribution in [0, 0.1) is 13.8 Å². The Labute approximate surface area is 204 Å². The summed E-state index contributed by atoms with van der Waals surface area (Å²) in [6.07, 6.45) is 1.39. The number of amides is 1. The number of fused-ring (bicyclic) bond motifs is 1. The molecular formula is C23H29Cl2N3OS2. The largest absolute Gasteiger partial charge is 0.309 e. The van der Waals surface area contributed by atoms with Crippen molar-refractivity contribution in [3.8, 4) is 0 Å².